The highest BCUT2D eigenvalue weighted by atomic mass is 16.6. The number of fused-ring (bicyclic) bond motifs is 3. The van der Waals surface area contributed by atoms with Crippen molar-refractivity contribution in [2.45, 2.75) is 96.1 Å². The van der Waals surface area contributed by atoms with Crippen LogP contribution in [0.15, 0.2) is 0 Å². The Labute approximate surface area is 146 Å². The molecule has 5 rings (SSSR count). The van der Waals surface area contributed by atoms with E-state index in [9.17, 15) is 10.2 Å². The van der Waals surface area contributed by atoms with E-state index in [0.717, 1.165) is 31.6 Å². The van der Waals surface area contributed by atoms with Gasteiger partial charge >= 0.3 is 0 Å². The van der Waals surface area contributed by atoms with Gasteiger partial charge in [0.2, 0.25) is 0 Å². The zero-order valence-corrected chi connectivity index (χ0v) is 15.3. The van der Waals surface area contributed by atoms with E-state index in [1.165, 1.54) is 38.5 Å². The van der Waals surface area contributed by atoms with Gasteiger partial charge in [0.25, 0.3) is 0 Å². The molecule has 4 saturated carbocycles. The normalized spacial score (nSPS) is 62.5. The minimum Gasteiger partial charge on any atom is -0.393 e. The van der Waals surface area contributed by atoms with Gasteiger partial charge in [-0.1, -0.05) is 13.8 Å². The second kappa shape index (κ2) is 4.98. The Hall–Kier alpha value is -0.120. The molecule has 1 saturated heterocycles. The summed E-state index contributed by atoms with van der Waals surface area (Å²) in [5, 5.41) is 20.6. The summed E-state index contributed by atoms with van der Waals surface area (Å²) in [5.74, 6) is 2.68. The molecule has 0 radical (unpaired) electrons. The van der Waals surface area contributed by atoms with Crippen LogP contribution in [-0.4, -0.2) is 28.2 Å². The Bertz CT molecular complexity index is 535. The maximum Gasteiger partial charge on any atom is 0.155 e. The van der Waals surface area contributed by atoms with Crippen molar-refractivity contribution in [2.75, 3.05) is 0 Å². The van der Waals surface area contributed by atoms with Gasteiger partial charge in [-0.3, -0.25) is 0 Å². The molecule has 3 nitrogen and oxygen atoms in total. The molecule has 136 valence electrons. The Morgan fingerprint density at radius 3 is 2.46 bits per heavy atom. The summed E-state index contributed by atoms with van der Waals surface area (Å²) in [6, 6.07) is 0. The van der Waals surface area contributed by atoms with Crippen molar-refractivity contribution >= 4 is 0 Å². The number of hydrogen-bond acceptors (Lipinski definition) is 3. The zero-order chi connectivity index (χ0) is 16.7. The van der Waals surface area contributed by atoms with Crippen molar-refractivity contribution in [3.05, 3.63) is 0 Å². The van der Waals surface area contributed by atoms with Crippen LogP contribution in [0, 0.1) is 34.5 Å². The second-order valence-corrected chi connectivity index (χ2v) is 10.3. The molecule has 1 unspecified atom stereocenters. The van der Waals surface area contributed by atoms with Crippen LogP contribution in [0.5, 0.6) is 0 Å². The third-order valence-corrected chi connectivity index (χ3v) is 9.80. The first-order valence-corrected chi connectivity index (χ1v) is 10.4. The van der Waals surface area contributed by atoms with Crippen molar-refractivity contribution in [1.29, 1.82) is 0 Å². The molecule has 2 bridgehead atoms. The summed E-state index contributed by atoms with van der Waals surface area (Å²) in [5.41, 5.74) is 0.592. The quantitative estimate of drug-likeness (QED) is 0.707. The number of rotatable bonds is 0. The molecule has 5 fully saturated rings. The van der Waals surface area contributed by atoms with Crippen molar-refractivity contribution in [2.24, 2.45) is 34.5 Å². The summed E-state index contributed by atoms with van der Waals surface area (Å²) in [6.45, 7) is 5.00. The first kappa shape index (κ1) is 16.1. The molecule has 9 atom stereocenters. The summed E-state index contributed by atoms with van der Waals surface area (Å²) in [6.07, 6.45) is 10.9. The third-order valence-electron chi connectivity index (χ3n) is 9.80. The fourth-order valence-corrected chi connectivity index (χ4v) is 8.47. The first-order valence-electron chi connectivity index (χ1n) is 10.4. The van der Waals surface area contributed by atoms with E-state index in [2.05, 4.69) is 13.8 Å². The van der Waals surface area contributed by atoms with Gasteiger partial charge in [-0.05, 0) is 92.3 Å². The van der Waals surface area contributed by atoms with Gasteiger partial charge in [-0.2, -0.15) is 0 Å². The van der Waals surface area contributed by atoms with Gasteiger partial charge in [-0.15, -0.1) is 0 Å². The molecule has 5 aliphatic rings. The fourth-order valence-electron chi connectivity index (χ4n) is 8.47. The largest absolute Gasteiger partial charge is 0.393 e. The summed E-state index contributed by atoms with van der Waals surface area (Å²) >= 11 is 0. The van der Waals surface area contributed by atoms with Gasteiger partial charge in [0.1, 0.15) is 0 Å². The van der Waals surface area contributed by atoms with Gasteiger partial charge < -0.3 is 14.9 Å². The van der Waals surface area contributed by atoms with Gasteiger partial charge in [-0.25, -0.2) is 0 Å². The van der Waals surface area contributed by atoms with Crippen LogP contribution in [-0.2, 0) is 4.74 Å². The minimum atomic E-state index is -0.539. The zero-order valence-electron chi connectivity index (χ0n) is 15.3. The Kier molecular flexibility index (Phi) is 3.34. The predicted octanol–water partition coefficient (Wildman–Crippen LogP) is 3.87. The van der Waals surface area contributed by atoms with Gasteiger partial charge in [0.05, 0.1) is 11.7 Å². The lowest BCUT2D eigenvalue weighted by atomic mass is 9.43. The molecule has 0 aromatic carbocycles. The highest BCUT2D eigenvalue weighted by Gasteiger charge is 2.70. The summed E-state index contributed by atoms with van der Waals surface area (Å²) < 4.78 is 6.49. The van der Waals surface area contributed by atoms with Crippen molar-refractivity contribution in [3.63, 3.8) is 0 Å². The summed E-state index contributed by atoms with van der Waals surface area (Å²) in [7, 11) is 0. The lowest BCUT2D eigenvalue weighted by Crippen LogP contribution is -2.65. The molecule has 1 aliphatic heterocycles. The van der Waals surface area contributed by atoms with Gasteiger partial charge in [0, 0.05) is 6.42 Å². The topological polar surface area (TPSA) is 49.7 Å². The maximum atomic E-state index is 10.4. The Morgan fingerprint density at radius 2 is 1.62 bits per heavy atom. The molecule has 0 aromatic rings. The maximum absolute atomic E-state index is 10.4. The standard InChI is InChI=1S/C21H34O3/c1-19-8-6-15(22)11-13(19)3-4-17-16(19)7-9-20(2)14-5-10-21(17,20)24-18(23)12-14/h13-18,22-23H,3-12H2,1-2H3/t13-,14-,15+,16+,17-,18?,19+,20-,21+/m1/s1. The second-order valence-electron chi connectivity index (χ2n) is 10.3. The Morgan fingerprint density at radius 1 is 0.792 bits per heavy atom. The molecule has 2 N–H and O–H groups in total. The van der Waals surface area contributed by atoms with Crippen LogP contribution in [0.3, 0.4) is 0 Å². The highest BCUT2D eigenvalue weighted by Crippen LogP contribution is 2.72. The monoisotopic (exact) mass is 334 g/mol. The Balaban J connectivity index is 1.53. The van der Waals surface area contributed by atoms with E-state index in [1.807, 2.05) is 0 Å². The molecule has 0 amide bonds. The van der Waals surface area contributed by atoms with Crippen molar-refractivity contribution in [1.82, 2.24) is 0 Å². The van der Waals surface area contributed by atoms with E-state index in [0.29, 0.717) is 23.2 Å². The molecule has 24 heavy (non-hydrogen) atoms. The predicted molar refractivity (Wildman–Crippen MR) is 92.2 cm³/mol. The molecule has 1 heterocycles. The van der Waals surface area contributed by atoms with E-state index in [-0.39, 0.29) is 17.1 Å². The third kappa shape index (κ3) is 1.80. The number of ether oxygens (including phenoxy) is 1. The van der Waals surface area contributed by atoms with E-state index < -0.39 is 6.29 Å². The van der Waals surface area contributed by atoms with E-state index in [4.69, 9.17) is 4.74 Å². The summed E-state index contributed by atoms with van der Waals surface area (Å²) in [4.78, 5) is 0. The molecular weight excluding hydrogens is 300 g/mol. The van der Waals surface area contributed by atoms with Gasteiger partial charge in [0.15, 0.2) is 6.29 Å². The van der Waals surface area contributed by atoms with E-state index in [1.54, 1.807) is 0 Å². The average molecular weight is 335 g/mol. The number of aliphatic hydroxyl groups is 2. The smallest absolute Gasteiger partial charge is 0.155 e. The van der Waals surface area contributed by atoms with Crippen LogP contribution in [0.25, 0.3) is 0 Å². The molecule has 3 heteroatoms. The SMILES string of the molecule is C[C@]12CC[C@H](O)C[C@H]1CC[C@@H]1[C@@H]2CC[C@]2(C)[C@@H]3CC[C@]12OC(O)C3. The lowest BCUT2D eigenvalue weighted by molar-refractivity contribution is -0.313. The van der Waals surface area contributed by atoms with Crippen LogP contribution >= 0.6 is 0 Å². The molecule has 4 aliphatic carbocycles. The minimum absolute atomic E-state index is 0.0672. The lowest BCUT2D eigenvalue weighted by Gasteiger charge is -2.66. The highest BCUT2D eigenvalue weighted by molar-refractivity contribution is 5.19. The van der Waals surface area contributed by atoms with Crippen LogP contribution in [0.1, 0.15) is 78.1 Å². The molecular formula is C21H34O3. The molecule has 0 spiro atoms. The first-order chi connectivity index (χ1) is 11.4. The van der Waals surface area contributed by atoms with Crippen molar-refractivity contribution in [3.8, 4) is 0 Å². The van der Waals surface area contributed by atoms with Crippen LogP contribution in [0.2, 0.25) is 0 Å². The molecule has 0 aromatic heterocycles. The average Bonchev–Trinajstić information content (AvgIpc) is 2.70. The van der Waals surface area contributed by atoms with Crippen LogP contribution < -0.4 is 0 Å². The number of aliphatic hydroxyl groups excluding tert-OH is 2. The number of hydrogen-bond donors (Lipinski definition) is 2. The fraction of sp³-hybridized carbons (Fsp3) is 1.00. The van der Waals surface area contributed by atoms with Crippen LogP contribution in [0.4, 0.5) is 0 Å². The van der Waals surface area contributed by atoms with Crippen molar-refractivity contribution < 1.29 is 14.9 Å². The van der Waals surface area contributed by atoms with E-state index >= 15 is 0 Å².